The van der Waals surface area contributed by atoms with E-state index in [1.165, 1.54) is 83.5 Å². The van der Waals surface area contributed by atoms with Crippen LogP contribution in [0, 0.1) is 0 Å². The van der Waals surface area contributed by atoms with E-state index in [0.29, 0.717) is 13.2 Å². The Balaban J connectivity index is 4.14. The van der Waals surface area contributed by atoms with Crippen molar-refractivity contribution in [2.24, 2.45) is 0 Å². The predicted octanol–water partition coefficient (Wildman–Crippen LogP) is 12.0. The fraction of sp³-hybridized carbons (Fsp3) is 0.756. The molecule has 52 heavy (non-hydrogen) atoms. The van der Waals surface area contributed by atoms with Crippen molar-refractivity contribution >= 4 is 17.9 Å². The molecule has 7 nitrogen and oxygen atoms in total. The van der Waals surface area contributed by atoms with Crippen molar-refractivity contribution in [1.82, 2.24) is 4.90 Å². The highest BCUT2D eigenvalue weighted by Gasteiger charge is 2.28. The Morgan fingerprint density at radius 3 is 1.35 bits per heavy atom. The molecule has 0 radical (unpaired) electrons. The number of unbranched alkanes of at least 4 members (excludes halogenated alkanes) is 18. The number of esters is 3. The van der Waals surface area contributed by atoms with Gasteiger partial charge < -0.3 is 19.1 Å². The molecule has 0 fully saturated rings. The molecule has 0 aromatic rings. The van der Waals surface area contributed by atoms with Gasteiger partial charge in [0.25, 0.3) is 0 Å². The van der Waals surface area contributed by atoms with Crippen LogP contribution in [0.15, 0.2) is 48.6 Å². The number of carbonyl (C=O) groups excluding carboxylic acids is 3. The third-order valence-corrected chi connectivity index (χ3v) is 8.85. The minimum Gasteiger partial charge on any atom is -0.466 e. The van der Waals surface area contributed by atoms with Gasteiger partial charge in [0.05, 0.1) is 26.1 Å². The molecule has 0 aliphatic heterocycles. The quantitative estimate of drug-likeness (QED) is 0.0272. The first kappa shape index (κ1) is 49.3. The zero-order valence-electron chi connectivity index (χ0n) is 34.1. The Morgan fingerprint density at radius 2 is 0.904 bits per heavy atom. The molecule has 0 amide bonds. The molecule has 0 aliphatic rings. The lowest BCUT2D eigenvalue weighted by atomic mass is 10.1. The summed E-state index contributed by atoms with van der Waals surface area (Å²) in [6.45, 7) is 5.51. The Hall–Kier alpha value is -2.67. The molecule has 0 bridgehead atoms. The Labute approximate surface area is 320 Å². The van der Waals surface area contributed by atoms with Gasteiger partial charge in [-0.15, -0.1) is 0 Å². The van der Waals surface area contributed by atoms with Gasteiger partial charge in [0, 0.05) is 6.54 Å². The third kappa shape index (κ3) is 37.1. The van der Waals surface area contributed by atoms with E-state index in [1.807, 2.05) is 19.0 Å². The van der Waals surface area contributed by atoms with E-state index in [4.69, 9.17) is 14.2 Å². The summed E-state index contributed by atoms with van der Waals surface area (Å²) >= 11 is 0. The number of rotatable bonds is 37. The summed E-state index contributed by atoms with van der Waals surface area (Å²) in [5, 5.41) is 0. The Morgan fingerprint density at radius 1 is 0.500 bits per heavy atom. The van der Waals surface area contributed by atoms with E-state index >= 15 is 0 Å². The largest absolute Gasteiger partial charge is 0.466 e. The molecule has 300 valence electrons. The fourth-order valence-corrected chi connectivity index (χ4v) is 5.55. The molecule has 0 rings (SSSR count). The van der Waals surface area contributed by atoms with E-state index in [2.05, 4.69) is 62.5 Å². The first-order valence-electron chi connectivity index (χ1n) is 21.2. The molecule has 0 spiro atoms. The van der Waals surface area contributed by atoms with E-state index < -0.39 is 24.0 Å². The standard InChI is InChI=1S/C45H79NO6/c1-5-7-9-11-13-15-17-19-21-23-25-27-29-31-33-35-39-50-44(48)41-42(52-43(47)37-38-46(3)4)45(49)51-40-36-34-32-30-28-26-24-22-20-18-16-14-12-10-8-6-2/h13-16,19-22,42H,5-12,17-18,23-41H2,1-4H3/b15-13-,16-14-,21-19-,22-20-/t42-/m0/s1. The maximum absolute atomic E-state index is 12.8. The second kappa shape index (κ2) is 39.5. The maximum Gasteiger partial charge on any atom is 0.348 e. The summed E-state index contributed by atoms with van der Waals surface area (Å²) < 4.78 is 16.2. The van der Waals surface area contributed by atoms with Gasteiger partial charge in [-0.25, -0.2) is 4.79 Å². The summed E-state index contributed by atoms with van der Waals surface area (Å²) in [5.41, 5.74) is 0. The predicted molar refractivity (Wildman–Crippen MR) is 218 cm³/mol. The van der Waals surface area contributed by atoms with E-state index in [9.17, 15) is 14.4 Å². The average molecular weight is 730 g/mol. The van der Waals surface area contributed by atoms with Gasteiger partial charge in [-0.1, -0.05) is 140 Å². The number of nitrogens with zero attached hydrogens (tertiary/aromatic N) is 1. The van der Waals surface area contributed by atoms with Crippen molar-refractivity contribution in [1.29, 1.82) is 0 Å². The number of ether oxygens (including phenoxy) is 3. The highest BCUT2D eigenvalue weighted by Crippen LogP contribution is 2.12. The van der Waals surface area contributed by atoms with Crippen LogP contribution in [-0.2, 0) is 28.6 Å². The van der Waals surface area contributed by atoms with Crippen LogP contribution in [-0.4, -0.2) is 62.8 Å². The Bertz CT molecular complexity index is 953. The summed E-state index contributed by atoms with van der Waals surface area (Å²) in [4.78, 5) is 39.6. The van der Waals surface area contributed by atoms with Crippen molar-refractivity contribution in [3.05, 3.63) is 48.6 Å². The lowest BCUT2D eigenvalue weighted by Gasteiger charge is -2.17. The maximum atomic E-state index is 12.8. The van der Waals surface area contributed by atoms with Crippen LogP contribution in [0.25, 0.3) is 0 Å². The molecule has 0 aromatic heterocycles. The molecular weight excluding hydrogens is 650 g/mol. The van der Waals surface area contributed by atoms with Gasteiger partial charge in [0.1, 0.15) is 0 Å². The van der Waals surface area contributed by atoms with Crippen LogP contribution in [0.4, 0.5) is 0 Å². The molecule has 0 N–H and O–H groups in total. The first-order chi connectivity index (χ1) is 25.4. The number of hydrogen-bond acceptors (Lipinski definition) is 7. The summed E-state index contributed by atoms with van der Waals surface area (Å²) in [7, 11) is 3.72. The van der Waals surface area contributed by atoms with Crippen molar-refractivity contribution in [2.75, 3.05) is 33.9 Å². The van der Waals surface area contributed by atoms with E-state index in [0.717, 1.165) is 70.6 Å². The lowest BCUT2D eigenvalue weighted by Crippen LogP contribution is -2.33. The highest BCUT2D eigenvalue weighted by molar-refractivity contribution is 5.84. The van der Waals surface area contributed by atoms with Crippen molar-refractivity contribution < 1.29 is 28.6 Å². The molecule has 1 atom stereocenters. The van der Waals surface area contributed by atoms with Crippen LogP contribution in [0.3, 0.4) is 0 Å². The minimum absolute atomic E-state index is 0.130. The summed E-state index contributed by atoms with van der Waals surface area (Å²) in [5.74, 6) is -1.74. The molecule has 7 heteroatoms. The van der Waals surface area contributed by atoms with Crippen LogP contribution in [0.2, 0.25) is 0 Å². The second-order valence-electron chi connectivity index (χ2n) is 14.3. The summed E-state index contributed by atoms with van der Waals surface area (Å²) in [6.07, 6.45) is 44.0. The molecule has 0 aromatic carbocycles. The van der Waals surface area contributed by atoms with Gasteiger partial charge >= 0.3 is 17.9 Å². The van der Waals surface area contributed by atoms with Gasteiger partial charge in [-0.3, -0.25) is 9.59 Å². The first-order valence-corrected chi connectivity index (χ1v) is 21.2. The van der Waals surface area contributed by atoms with Crippen molar-refractivity contribution in [2.45, 2.75) is 187 Å². The van der Waals surface area contributed by atoms with Crippen molar-refractivity contribution in [3.8, 4) is 0 Å². The topological polar surface area (TPSA) is 82.1 Å². The average Bonchev–Trinajstić information content (AvgIpc) is 3.12. The van der Waals surface area contributed by atoms with E-state index in [-0.39, 0.29) is 19.4 Å². The molecule has 0 unspecified atom stereocenters. The summed E-state index contributed by atoms with van der Waals surface area (Å²) in [6, 6.07) is 0. The minimum atomic E-state index is -1.28. The lowest BCUT2D eigenvalue weighted by molar-refractivity contribution is -0.172. The molecule has 0 aliphatic carbocycles. The zero-order valence-corrected chi connectivity index (χ0v) is 34.1. The van der Waals surface area contributed by atoms with Gasteiger partial charge in [-0.2, -0.15) is 0 Å². The van der Waals surface area contributed by atoms with Crippen LogP contribution < -0.4 is 0 Å². The second-order valence-corrected chi connectivity index (χ2v) is 14.3. The number of carbonyl (C=O) groups is 3. The monoisotopic (exact) mass is 730 g/mol. The molecule has 0 saturated carbocycles. The van der Waals surface area contributed by atoms with Crippen LogP contribution >= 0.6 is 0 Å². The fourth-order valence-electron chi connectivity index (χ4n) is 5.55. The van der Waals surface area contributed by atoms with E-state index in [1.54, 1.807) is 0 Å². The number of hydrogen-bond donors (Lipinski definition) is 0. The van der Waals surface area contributed by atoms with Crippen LogP contribution in [0.1, 0.15) is 181 Å². The third-order valence-electron chi connectivity index (χ3n) is 8.85. The number of allylic oxidation sites excluding steroid dienone is 8. The molecule has 0 heterocycles. The van der Waals surface area contributed by atoms with Gasteiger partial charge in [0.2, 0.25) is 6.10 Å². The Kier molecular flexibility index (Phi) is 37.5. The van der Waals surface area contributed by atoms with Crippen LogP contribution in [0.5, 0.6) is 0 Å². The molecular formula is C45H79NO6. The molecule has 0 saturated heterocycles. The normalized spacial score (nSPS) is 12.6. The highest BCUT2D eigenvalue weighted by atomic mass is 16.6. The van der Waals surface area contributed by atoms with Gasteiger partial charge in [0.15, 0.2) is 0 Å². The smallest absolute Gasteiger partial charge is 0.348 e. The SMILES string of the molecule is CCCCC/C=C\C/C=C\CCCCCCCCOC(=O)C[C@H](OC(=O)CCN(C)C)C(=O)OCCCCCCCC/C=C\C/C=C\CCCCC. The van der Waals surface area contributed by atoms with Gasteiger partial charge in [-0.05, 0) is 91.1 Å². The zero-order chi connectivity index (χ0) is 38.2. The van der Waals surface area contributed by atoms with Crippen molar-refractivity contribution in [3.63, 3.8) is 0 Å².